The van der Waals surface area contributed by atoms with E-state index in [-0.39, 0.29) is 13.0 Å². The zero-order valence-corrected chi connectivity index (χ0v) is 32.0. The predicted molar refractivity (Wildman–Crippen MR) is 192 cm³/mol. The van der Waals surface area contributed by atoms with Crippen molar-refractivity contribution in [3.63, 3.8) is 0 Å². The van der Waals surface area contributed by atoms with Crippen molar-refractivity contribution in [3.05, 3.63) is 12.2 Å². The van der Waals surface area contributed by atoms with Gasteiger partial charge in [-0.1, -0.05) is 52.0 Å². The normalized spacial score (nSPS) is 37.7. The number of hydrogen-bond acceptors (Lipinski definition) is 16. The molecule has 4 aliphatic heterocycles. The van der Waals surface area contributed by atoms with Crippen molar-refractivity contribution in [1.82, 2.24) is 20.9 Å². The molecule has 4 fully saturated rings. The Kier molecular flexibility index (Phi) is 17.4. The van der Waals surface area contributed by atoms with Gasteiger partial charge in [0.25, 0.3) is 0 Å². The Morgan fingerprint density at radius 2 is 1.52 bits per heavy atom. The number of carbonyl (C=O) groups excluding carboxylic acids is 4. The Morgan fingerprint density at radius 3 is 2.14 bits per heavy atom. The minimum atomic E-state index is -1.84. The van der Waals surface area contributed by atoms with E-state index in [0.717, 1.165) is 50.3 Å². The Labute approximate surface area is 325 Å². The lowest BCUT2D eigenvalue weighted by Gasteiger charge is -2.47. The van der Waals surface area contributed by atoms with Crippen LogP contribution in [0.1, 0.15) is 78.6 Å². The number of aliphatic hydroxyl groups is 8. The molecule has 0 aromatic carbocycles. The first-order valence-corrected chi connectivity index (χ1v) is 19.4. The third-order valence-corrected chi connectivity index (χ3v) is 10.8. The van der Waals surface area contributed by atoms with Gasteiger partial charge in [0.05, 0.1) is 18.8 Å². The first-order valence-electron chi connectivity index (χ1n) is 19.4. The highest BCUT2D eigenvalue weighted by Crippen LogP contribution is 2.33. The van der Waals surface area contributed by atoms with E-state index in [0.29, 0.717) is 12.3 Å². The van der Waals surface area contributed by atoms with Crippen LogP contribution in [0.5, 0.6) is 0 Å². The third-order valence-electron chi connectivity index (χ3n) is 10.8. The van der Waals surface area contributed by atoms with E-state index < -0.39 is 129 Å². The zero-order valence-electron chi connectivity index (χ0n) is 32.0. The van der Waals surface area contributed by atoms with Crippen LogP contribution in [0.3, 0.4) is 0 Å². The molecular weight excluding hydrogens is 744 g/mol. The fourth-order valence-corrected chi connectivity index (χ4v) is 7.28. The molecule has 0 aliphatic carbocycles. The molecule has 0 saturated carbocycles. The molecule has 4 heterocycles. The molecular formula is C36H60N4O16. The van der Waals surface area contributed by atoms with Crippen LogP contribution in [0.25, 0.3) is 0 Å². The maximum Gasteiger partial charge on any atom is 0.326 e. The minimum absolute atomic E-state index is 0.0995. The second kappa shape index (κ2) is 21.2. The van der Waals surface area contributed by atoms with Crippen LogP contribution in [0, 0.1) is 5.92 Å². The largest absolute Gasteiger partial charge is 0.394 e. The van der Waals surface area contributed by atoms with Gasteiger partial charge in [-0.2, -0.15) is 0 Å². The van der Waals surface area contributed by atoms with Gasteiger partial charge in [-0.3, -0.25) is 24.6 Å². The number of aliphatic hydroxyl groups excluding tert-OH is 8. The Bertz CT molecular complexity index is 1340. The maximum atomic E-state index is 13.1. The average molecular weight is 805 g/mol. The van der Waals surface area contributed by atoms with Gasteiger partial charge in [0, 0.05) is 26.3 Å². The molecule has 0 radical (unpaired) electrons. The van der Waals surface area contributed by atoms with Crippen molar-refractivity contribution < 1.29 is 79.0 Å². The number of unbranched alkanes of at least 4 members (excludes halogenated alkanes) is 4. The number of amides is 5. The van der Waals surface area contributed by atoms with Crippen LogP contribution < -0.4 is 16.0 Å². The van der Waals surface area contributed by atoms with Crippen molar-refractivity contribution in [2.75, 3.05) is 13.2 Å². The summed E-state index contributed by atoms with van der Waals surface area (Å²) in [6.45, 7) is 4.60. The first kappa shape index (κ1) is 45.8. The summed E-state index contributed by atoms with van der Waals surface area (Å²) in [4.78, 5) is 50.1. The predicted octanol–water partition coefficient (Wildman–Crippen LogP) is -3.04. The SMILES string of the molecule is CCC(C)CCCCCC/C=C\C(=O)N[C@H]1[C@H](O[C@@H]2O[C@@H](CO)[C@H](O)[C@@H](O)[C@@H]2NC(C)=O)O[C@H](CC(O)C2O[C@@H](N3CCC(=O)NC3=O)[C@H](O)[C@@H]2O)[C@H](O)[C@@H]1O. The van der Waals surface area contributed by atoms with E-state index in [4.69, 9.17) is 18.9 Å². The number of hydrogen-bond donors (Lipinski definition) is 11. The molecule has 4 saturated heterocycles. The van der Waals surface area contributed by atoms with Crippen molar-refractivity contribution in [2.45, 2.75) is 170 Å². The molecule has 0 aromatic rings. The molecule has 320 valence electrons. The number of rotatable bonds is 18. The summed E-state index contributed by atoms with van der Waals surface area (Å²) in [5.74, 6) is -1.21. The van der Waals surface area contributed by atoms with Gasteiger partial charge in [-0.25, -0.2) is 4.79 Å². The molecule has 4 rings (SSSR count). The van der Waals surface area contributed by atoms with Gasteiger partial charge < -0.3 is 70.4 Å². The van der Waals surface area contributed by atoms with Crippen LogP contribution in [0.4, 0.5) is 4.79 Å². The maximum absolute atomic E-state index is 13.1. The molecule has 0 bridgehead atoms. The fourth-order valence-electron chi connectivity index (χ4n) is 7.28. The standard InChI is InChI=1S/C36H60N4O16/c1-4-17(2)11-9-7-5-6-8-10-12-22(44)38-25-29(49)26(46)20(53-35(25)56-34-24(37-18(3)42)28(48)27(47)21(16-41)54-34)15-19(43)32-30(50)31(51)33(55-32)40-14-13-23(45)39-36(40)52/h10,12,17,19-21,24-35,41,43,46-51H,4-9,11,13-16H2,1-3H3,(H,37,42)(H,38,44)(H,39,45,52)/b12-10-/t17?,19?,20-,21+,24+,25-,26+,27+,28+,29-,30+,31-,32?,33-,34+,35+/m1/s1. The van der Waals surface area contributed by atoms with E-state index in [2.05, 4.69) is 29.8 Å². The second-order valence-electron chi connectivity index (χ2n) is 15.1. The lowest BCUT2D eigenvalue weighted by Crippen LogP contribution is -2.68. The number of imide groups is 1. The van der Waals surface area contributed by atoms with Crippen LogP contribution >= 0.6 is 0 Å². The zero-order chi connectivity index (χ0) is 41.3. The quantitative estimate of drug-likeness (QED) is 0.0485. The van der Waals surface area contributed by atoms with Crippen molar-refractivity contribution >= 4 is 23.8 Å². The number of nitrogens with zero attached hydrogens (tertiary/aromatic N) is 1. The van der Waals surface area contributed by atoms with Crippen molar-refractivity contribution in [2.24, 2.45) is 5.92 Å². The van der Waals surface area contributed by atoms with Crippen molar-refractivity contribution in [3.8, 4) is 0 Å². The number of allylic oxidation sites excluding steroid dienone is 1. The molecule has 20 nitrogen and oxygen atoms in total. The van der Waals surface area contributed by atoms with Crippen LogP contribution in [0.2, 0.25) is 0 Å². The van der Waals surface area contributed by atoms with Gasteiger partial charge in [0.1, 0.15) is 60.9 Å². The fraction of sp³-hybridized carbons (Fsp3) is 0.833. The summed E-state index contributed by atoms with van der Waals surface area (Å²) < 4.78 is 23.3. The summed E-state index contributed by atoms with van der Waals surface area (Å²) in [5, 5.41) is 93.4. The van der Waals surface area contributed by atoms with E-state index in [1.54, 1.807) is 6.08 Å². The molecule has 0 spiro atoms. The summed E-state index contributed by atoms with van der Waals surface area (Å²) in [5.41, 5.74) is 0. The van der Waals surface area contributed by atoms with Gasteiger partial charge in [0.15, 0.2) is 18.8 Å². The highest BCUT2D eigenvalue weighted by atomic mass is 16.8. The molecule has 4 aliphatic rings. The summed E-state index contributed by atoms with van der Waals surface area (Å²) in [7, 11) is 0. The molecule has 20 heteroatoms. The van der Waals surface area contributed by atoms with Gasteiger partial charge >= 0.3 is 6.03 Å². The Hall–Kier alpha value is -2.86. The molecule has 11 N–H and O–H groups in total. The van der Waals surface area contributed by atoms with Crippen molar-refractivity contribution in [1.29, 1.82) is 0 Å². The molecule has 0 aromatic heterocycles. The summed E-state index contributed by atoms with van der Waals surface area (Å²) >= 11 is 0. The molecule has 16 atom stereocenters. The van der Waals surface area contributed by atoms with Gasteiger partial charge in [-0.15, -0.1) is 0 Å². The highest BCUT2D eigenvalue weighted by molar-refractivity contribution is 5.96. The highest BCUT2D eigenvalue weighted by Gasteiger charge is 2.54. The minimum Gasteiger partial charge on any atom is -0.394 e. The topological polar surface area (TPSA) is 306 Å². The van der Waals surface area contributed by atoms with E-state index >= 15 is 0 Å². The molecule has 3 unspecified atom stereocenters. The van der Waals surface area contributed by atoms with Gasteiger partial charge in [-0.05, 0) is 24.8 Å². The first-order chi connectivity index (χ1) is 26.6. The monoisotopic (exact) mass is 804 g/mol. The van der Waals surface area contributed by atoms with Crippen LogP contribution in [-0.4, -0.2) is 175 Å². The summed E-state index contributed by atoms with van der Waals surface area (Å²) in [6, 6.07) is -3.86. The lowest BCUT2D eigenvalue weighted by molar-refractivity contribution is -0.346. The van der Waals surface area contributed by atoms with Gasteiger partial charge in [0.2, 0.25) is 17.7 Å². The molecule has 56 heavy (non-hydrogen) atoms. The molecule has 5 amide bonds. The van der Waals surface area contributed by atoms with E-state index in [1.165, 1.54) is 6.08 Å². The smallest absolute Gasteiger partial charge is 0.326 e. The van der Waals surface area contributed by atoms with E-state index in [1.807, 2.05) is 0 Å². The average Bonchev–Trinajstić information content (AvgIpc) is 3.45. The number of nitrogens with one attached hydrogen (secondary N) is 3. The number of carbonyl (C=O) groups is 4. The Balaban J connectivity index is 1.48. The summed E-state index contributed by atoms with van der Waals surface area (Å²) in [6.07, 6.45) is -12.4. The third kappa shape index (κ3) is 11.6. The second-order valence-corrected chi connectivity index (χ2v) is 15.1. The van der Waals surface area contributed by atoms with Crippen LogP contribution in [-0.2, 0) is 33.3 Å². The van der Waals surface area contributed by atoms with E-state index in [9.17, 15) is 60.0 Å². The Morgan fingerprint density at radius 1 is 0.893 bits per heavy atom. The number of urea groups is 1. The lowest BCUT2D eigenvalue weighted by atomic mass is 9.91. The number of ether oxygens (including phenoxy) is 4. The van der Waals surface area contributed by atoms with Crippen LogP contribution in [0.15, 0.2) is 12.2 Å².